The first-order chi connectivity index (χ1) is 10.6. The fraction of sp³-hybridized carbons (Fsp3) is 0.611. The highest BCUT2D eigenvalue weighted by atomic mass is 16.5. The molecule has 3 unspecified atom stereocenters. The van der Waals surface area contributed by atoms with Crippen LogP contribution in [0.2, 0.25) is 0 Å². The minimum Gasteiger partial charge on any atom is -0.388 e. The monoisotopic (exact) mass is 305 g/mol. The molecule has 4 heteroatoms. The van der Waals surface area contributed by atoms with E-state index in [1.54, 1.807) is 0 Å². The van der Waals surface area contributed by atoms with Crippen LogP contribution in [0.5, 0.6) is 0 Å². The molecular weight excluding hydrogens is 278 g/mol. The lowest BCUT2D eigenvalue weighted by Crippen LogP contribution is -2.32. The quantitative estimate of drug-likeness (QED) is 0.814. The van der Waals surface area contributed by atoms with Crippen LogP contribution in [-0.2, 0) is 9.53 Å². The second-order valence-electron chi connectivity index (χ2n) is 6.27. The van der Waals surface area contributed by atoms with Gasteiger partial charge in [-0.15, -0.1) is 0 Å². The predicted octanol–water partition coefficient (Wildman–Crippen LogP) is 2.82. The molecule has 0 spiro atoms. The van der Waals surface area contributed by atoms with Gasteiger partial charge in [-0.1, -0.05) is 50.1 Å². The summed E-state index contributed by atoms with van der Waals surface area (Å²) in [7, 11) is 0. The Hall–Kier alpha value is -1.39. The maximum Gasteiger partial charge on any atom is 0.246 e. The molecular formula is C18H27NO3. The second-order valence-corrected chi connectivity index (χ2v) is 6.27. The second kappa shape index (κ2) is 8.91. The normalized spacial score (nSPS) is 23.0. The summed E-state index contributed by atoms with van der Waals surface area (Å²) in [6.07, 6.45) is 4.77. The van der Waals surface area contributed by atoms with E-state index in [1.807, 2.05) is 30.3 Å². The van der Waals surface area contributed by atoms with Crippen LogP contribution in [0.3, 0.4) is 0 Å². The summed E-state index contributed by atoms with van der Waals surface area (Å²) < 4.78 is 5.68. The molecule has 122 valence electrons. The molecule has 1 aliphatic rings. The SMILES string of the molecule is CC1CCCC(OCC(=O)NCCC(O)c2ccccc2)C1. The van der Waals surface area contributed by atoms with E-state index >= 15 is 0 Å². The van der Waals surface area contributed by atoms with Crippen molar-refractivity contribution in [1.82, 2.24) is 5.32 Å². The van der Waals surface area contributed by atoms with Crippen molar-refractivity contribution in [2.75, 3.05) is 13.2 Å². The highest BCUT2D eigenvalue weighted by molar-refractivity contribution is 5.77. The molecule has 2 N–H and O–H groups in total. The van der Waals surface area contributed by atoms with Crippen LogP contribution < -0.4 is 5.32 Å². The molecule has 0 heterocycles. The lowest BCUT2D eigenvalue weighted by Gasteiger charge is -2.26. The number of nitrogens with one attached hydrogen (secondary N) is 1. The van der Waals surface area contributed by atoms with Crippen molar-refractivity contribution in [3.63, 3.8) is 0 Å². The van der Waals surface area contributed by atoms with Gasteiger partial charge in [0, 0.05) is 6.54 Å². The fourth-order valence-corrected chi connectivity index (χ4v) is 2.96. The average Bonchev–Trinajstić information content (AvgIpc) is 2.54. The molecule has 0 saturated heterocycles. The standard InChI is InChI=1S/C18H27NO3/c1-14-6-5-9-16(12-14)22-13-18(21)19-11-10-17(20)15-7-3-2-4-8-15/h2-4,7-8,14,16-17,20H,5-6,9-13H2,1H3,(H,19,21). The maximum absolute atomic E-state index is 11.8. The van der Waals surface area contributed by atoms with Gasteiger partial charge in [0.1, 0.15) is 6.61 Å². The molecule has 1 amide bonds. The molecule has 0 aromatic heterocycles. The molecule has 1 aromatic carbocycles. The topological polar surface area (TPSA) is 58.6 Å². The van der Waals surface area contributed by atoms with Crippen LogP contribution in [0.25, 0.3) is 0 Å². The number of hydrogen-bond acceptors (Lipinski definition) is 3. The van der Waals surface area contributed by atoms with Crippen molar-refractivity contribution in [2.45, 2.75) is 51.2 Å². The lowest BCUT2D eigenvalue weighted by atomic mass is 9.89. The van der Waals surface area contributed by atoms with Crippen molar-refractivity contribution in [3.8, 4) is 0 Å². The highest BCUT2D eigenvalue weighted by Gasteiger charge is 2.20. The van der Waals surface area contributed by atoms with Crippen molar-refractivity contribution in [2.24, 2.45) is 5.92 Å². The van der Waals surface area contributed by atoms with Gasteiger partial charge in [0.15, 0.2) is 0 Å². The lowest BCUT2D eigenvalue weighted by molar-refractivity contribution is -0.128. The van der Waals surface area contributed by atoms with Gasteiger partial charge in [-0.25, -0.2) is 0 Å². The first kappa shape index (κ1) is 17.0. The van der Waals surface area contributed by atoms with Crippen molar-refractivity contribution in [3.05, 3.63) is 35.9 Å². The van der Waals surface area contributed by atoms with Crippen molar-refractivity contribution in [1.29, 1.82) is 0 Å². The summed E-state index contributed by atoms with van der Waals surface area (Å²) in [6, 6.07) is 9.49. The van der Waals surface area contributed by atoms with E-state index in [-0.39, 0.29) is 18.6 Å². The molecule has 22 heavy (non-hydrogen) atoms. The van der Waals surface area contributed by atoms with Crippen LogP contribution in [0.15, 0.2) is 30.3 Å². The van der Waals surface area contributed by atoms with Gasteiger partial charge in [-0.05, 0) is 30.7 Å². The van der Waals surface area contributed by atoms with Gasteiger partial charge in [0.2, 0.25) is 5.91 Å². The molecule has 3 atom stereocenters. The summed E-state index contributed by atoms with van der Waals surface area (Å²) in [5.41, 5.74) is 0.879. The highest BCUT2D eigenvalue weighted by Crippen LogP contribution is 2.25. The Morgan fingerprint density at radius 3 is 2.86 bits per heavy atom. The molecule has 1 aromatic rings. The van der Waals surface area contributed by atoms with Crippen LogP contribution >= 0.6 is 0 Å². The van der Waals surface area contributed by atoms with Crippen LogP contribution in [0, 0.1) is 5.92 Å². The van der Waals surface area contributed by atoms with E-state index in [2.05, 4.69) is 12.2 Å². The molecule has 1 aliphatic carbocycles. The Bertz CT molecular complexity index is 449. The van der Waals surface area contributed by atoms with Gasteiger partial charge < -0.3 is 15.2 Å². The first-order valence-electron chi connectivity index (χ1n) is 8.26. The fourth-order valence-electron chi connectivity index (χ4n) is 2.96. The van der Waals surface area contributed by atoms with Crippen molar-refractivity contribution < 1.29 is 14.6 Å². The number of rotatable bonds is 7. The van der Waals surface area contributed by atoms with Crippen LogP contribution in [0.4, 0.5) is 0 Å². The van der Waals surface area contributed by atoms with Crippen molar-refractivity contribution >= 4 is 5.91 Å². The average molecular weight is 305 g/mol. The number of carbonyl (C=O) groups excluding carboxylic acids is 1. The van der Waals surface area contributed by atoms with E-state index in [4.69, 9.17) is 4.74 Å². The number of amides is 1. The zero-order chi connectivity index (χ0) is 15.8. The Balaban J connectivity index is 1.59. The van der Waals surface area contributed by atoms with E-state index in [0.29, 0.717) is 18.9 Å². The number of benzene rings is 1. The minimum atomic E-state index is -0.540. The van der Waals surface area contributed by atoms with E-state index in [0.717, 1.165) is 18.4 Å². The third-order valence-electron chi connectivity index (χ3n) is 4.26. The van der Waals surface area contributed by atoms with Gasteiger partial charge >= 0.3 is 0 Å². The molecule has 2 rings (SSSR count). The van der Waals surface area contributed by atoms with Crippen LogP contribution in [-0.4, -0.2) is 30.3 Å². The van der Waals surface area contributed by atoms with Gasteiger partial charge in [0.25, 0.3) is 0 Å². The van der Waals surface area contributed by atoms with Crippen LogP contribution in [0.1, 0.15) is 50.7 Å². The molecule has 4 nitrogen and oxygen atoms in total. The van der Waals surface area contributed by atoms with Gasteiger partial charge in [-0.3, -0.25) is 4.79 Å². The Kier molecular flexibility index (Phi) is 6.87. The number of aliphatic hydroxyl groups is 1. The number of aliphatic hydroxyl groups excluding tert-OH is 1. The van der Waals surface area contributed by atoms with E-state index < -0.39 is 6.10 Å². The smallest absolute Gasteiger partial charge is 0.246 e. The molecule has 0 radical (unpaired) electrons. The summed E-state index contributed by atoms with van der Waals surface area (Å²) in [4.78, 5) is 11.8. The molecule has 1 saturated carbocycles. The van der Waals surface area contributed by atoms with Gasteiger partial charge in [-0.2, -0.15) is 0 Å². The molecule has 0 aliphatic heterocycles. The third-order valence-corrected chi connectivity index (χ3v) is 4.26. The Morgan fingerprint density at radius 2 is 2.14 bits per heavy atom. The predicted molar refractivity (Wildman–Crippen MR) is 86.4 cm³/mol. The number of carbonyl (C=O) groups is 1. The largest absolute Gasteiger partial charge is 0.388 e. The minimum absolute atomic E-state index is 0.0986. The number of hydrogen-bond donors (Lipinski definition) is 2. The van der Waals surface area contributed by atoms with E-state index in [9.17, 15) is 9.90 Å². The summed E-state index contributed by atoms with van der Waals surface area (Å²) in [5.74, 6) is 0.598. The zero-order valence-electron chi connectivity index (χ0n) is 13.3. The summed E-state index contributed by atoms with van der Waals surface area (Å²) in [6.45, 7) is 2.82. The summed E-state index contributed by atoms with van der Waals surface area (Å²) >= 11 is 0. The van der Waals surface area contributed by atoms with E-state index in [1.165, 1.54) is 12.8 Å². The Morgan fingerprint density at radius 1 is 1.36 bits per heavy atom. The molecule has 1 fully saturated rings. The molecule has 0 bridgehead atoms. The number of ether oxygens (including phenoxy) is 1. The third kappa shape index (κ3) is 5.78. The Labute approximate surface area is 132 Å². The zero-order valence-corrected chi connectivity index (χ0v) is 13.3. The first-order valence-corrected chi connectivity index (χ1v) is 8.26. The summed E-state index contributed by atoms with van der Waals surface area (Å²) in [5, 5.41) is 12.8. The maximum atomic E-state index is 11.8. The van der Waals surface area contributed by atoms with Gasteiger partial charge in [0.05, 0.1) is 12.2 Å².